The molecule has 2 aromatic rings. The topological polar surface area (TPSA) is 18.5 Å². The second-order valence-corrected chi connectivity index (χ2v) is 10.1. The van der Waals surface area contributed by atoms with Crippen molar-refractivity contribution in [3.63, 3.8) is 0 Å². The van der Waals surface area contributed by atoms with E-state index >= 15 is 0 Å². The molecule has 0 N–H and O–H groups in total. The summed E-state index contributed by atoms with van der Waals surface area (Å²) >= 11 is 0. The van der Waals surface area contributed by atoms with Gasteiger partial charge in [0.1, 0.15) is 0 Å². The molecule has 27 heavy (non-hydrogen) atoms. The molecule has 0 heterocycles. The molecule has 0 fully saturated rings. The molecule has 2 nitrogen and oxygen atoms in total. The second-order valence-electron chi connectivity index (χ2n) is 7.22. The summed E-state index contributed by atoms with van der Waals surface area (Å²) < 4.78 is 13.7. The molecule has 0 atom stereocenters. The maximum absolute atomic E-state index is 6.99. The van der Waals surface area contributed by atoms with Crippen LogP contribution in [0, 0.1) is 0 Å². The number of hydrogen-bond donors (Lipinski definition) is 0. The average molecular weight is 385 g/mol. The molecule has 0 spiro atoms. The van der Waals surface area contributed by atoms with Crippen LogP contribution in [-0.2, 0) is 8.85 Å². The fourth-order valence-electron chi connectivity index (χ4n) is 3.53. The number of benzene rings is 2. The first-order chi connectivity index (χ1) is 13.3. The Morgan fingerprint density at radius 2 is 1.22 bits per heavy atom. The van der Waals surface area contributed by atoms with Crippen LogP contribution in [0.2, 0.25) is 0 Å². The van der Waals surface area contributed by atoms with Crippen molar-refractivity contribution in [2.45, 2.75) is 71.8 Å². The second kappa shape index (κ2) is 12.1. The summed E-state index contributed by atoms with van der Waals surface area (Å²) in [6, 6.07) is 21.3. The SMILES string of the molecule is CCCCCO[Si](OC(CCC)CCC)(c1ccccc1)c1ccccc1. The molecular weight excluding hydrogens is 348 g/mol. The lowest BCUT2D eigenvalue weighted by Crippen LogP contribution is -2.64. The number of rotatable bonds is 13. The Balaban J connectivity index is 2.44. The monoisotopic (exact) mass is 384 g/mol. The smallest absolute Gasteiger partial charge is 0.388 e. The van der Waals surface area contributed by atoms with Gasteiger partial charge in [0, 0.05) is 12.7 Å². The minimum Gasteiger partial charge on any atom is -0.388 e. The molecule has 0 aliphatic heterocycles. The molecule has 0 unspecified atom stereocenters. The molecule has 0 saturated heterocycles. The number of unbranched alkanes of at least 4 members (excludes halogenated alkanes) is 2. The van der Waals surface area contributed by atoms with Gasteiger partial charge in [-0.3, -0.25) is 0 Å². The first kappa shape index (κ1) is 21.9. The zero-order valence-electron chi connectivity index (χ0n) is 17.3. The van der Waals surface area contributed by atoms with Crippen LogP contribution >= 0.6 is 0 Å². The van der Waals surface area contributed by atoms with Crippen molar-refractivity contribution >= 4 is 18.9 Å². The molecule has 3 heteroatoms. The highest BCUT2D eigenvalue weighted by Crippen LogP contribution is 2.19. The van der Waals surface area contributed by atoms with Crippen LogP contribution in [0.1, 0.15) is 65.7 Å². The number of hydrogen-bond acceptors (Lipinski definition) is 2. The molecule has 0 aliphatic carbocycles. The van der Waals surface area contributed by atoms with Crippen LogP contribution in [-0.4, -0.2) is 21.3 Å². The first-order valence-corrected chi connectivity index (χ1v) is 12.5. The highest BCUT2D eigenvalue weighted by atomic mass is 28.4. The van der Waals surface area contributed by atoms with Crippen molar-refractivity contribution in [3.05, 3.63) is 60.7 Å². The van der Waals surface area contributed by atoms with Crippen molar-refractivity contribution < 1.29 is 8.85 Å². The van der Waals surface area contributed by atoms with E-state index in [1.807, 2.05) is 0 Å². The Hall–Kier alpha value is -1.42. The van der Waals surface area contributed by atoms with E-state index in [1.165, 1.54) is 23.2 Å². The molecule has 2 rings (SSSR count). The van der Waals surface area contributed by atoms with Gasteiger partial charge in [0.05, 0.1) is 0 Å². The van der Waals surface area contributed by atoms with Crippen LogP contribution in [0.3, 0.4) is 0 Å². The van der Waals surface area contributed by atoms with Crippen molar-refractivity contribution in [2.75, 3.05) is 6.61 Å². The molecule has 2 aromatic carbocycles. The zero-order valence-corrected chi connectivity index (χ0v) is 18.3. The first-order valence-electron chi connectivity index (χ1n) is 10.7. The van der Waals surface area contributed by atoms with Crippen LogP contribution < -0.4 is 10.4 Å². The summed E-state index contributed by atoms with van der Waals surface area (Å²) in [4.78, 5) is 0. The molecule has 0 bridgehead atoms. The molecule has 148 valence electrons. The Labute approximate surface area is 167 Å². The molecule has 0 aromatic heterocycles. The van der Waals surface area contributed by atoms with Gasteiger partial charge in [-0.1, -0.05) is 107 Å². The van der Waals surface area contributed by atoms with Crippen LogP contribution in [0.5, 0.6) is 0 Å². The minimum absolute atomic E-state index is 0.248. The van der Waals surface area contributed by atoms with E-state index in [1.54, 1.807) is 0 Å². The van der Waals surface area contributed by atoms with Gasteiger partial charge < -0.3 is 8.85 Å². The largest absolute Gasteiger partial charge is 0.407 e. The van der Waals surface area contributed by atoms with E-state index in [0.717, 1.165) is 38.7 Å². The van der Waals surface area contributed by atoms with Gasteiger partial charge in [0.15, 0.2) is 0 Å². The third kappa shape index (κ3) is 6.30. The minimum atomic E-state index is -2.74. The summed E-state index contributed by atoms with van der Waals surface area (Å²) in [5.41, 5.74) is 0. The van der Waals surface area contributed by atoms with Gasteiger partial charge in [-0.05, 0) is 29.6 Å². The van der Waals surface area contributed by atoms with Gasteiger partial charge in [0.25, 0.3) is 0 Å². The van der Waals surface area contributed by atoms with Gasteiger partial charge in [-0.25, -0.2) is 0 Å². The lowest BCUT2D eigenvalue weighted by Gasteiger charge is -2.35. The van der Waals surface area contributed by atoms with Crippen LogP contribution in [0.4, 0.5) is 0 Å². The molecular formula is C24H36O2Si. The highest BCUT2D eigenvalue weighted by Gasteiger charge is 2.44. The highest BCUT2D eigenvalue weighted by molar-refractivity contribution is 6.92. The van der Waals surface area contributed by atoms with Crippen molar-refractivity contribution in [1.82, 2.24) is 0 Å². The third-order valence-corrected chi connectivity index (χ3v) is 8.38. The summed E-state index contributed by atoms with van der Waals surface area (Å²) in [7, 11) is -2.74. The standard InChI is InChI=1S/C24H36O2Si/c1-4-7-14-21-25-27(23-17-10-8-11-18-23,24-19-12-9-13-20-24)26-22(15-5-2)16-6-3/h8-13,17-20,22H,4-7,14-16,21H2,1-3H3. The van der Waals surface area contributed by atoms with Gasteiger partial charge >= 0.3 is 8.56 Å². The van der Waals surface area contributed by atoms with Gasteiger partial charge in [-0.2, -0.15) is 0 Å². The summed E-state index contributed by atoms with van der Waals surface area (Å²) in [6.07, 6.45) is 8.16. The van der Waals surface area contributed by atoms with Gasteiger partial charge in [0.2, 0.25) is 0 Å². The molecule has 0 radical (unpaired) electrons. The molecule has 0 aliphatic rings. The average Bonchev–Trinajstić information content (AvgIpc) is 2.72. The summed E-state index contributed by atoms with van der Waals surface area (Å²) in [6.45, 7) is 7.47. The van der Waals surface area contributed by atoms with E-state index in [4.69, 9.17) is 8.85 Å². The fourth-order valence-corrected chi connectivity index (χ4v) is 6.93. The lowest BCUT2D eigenvalue weighted by atomic mass is 10.1. The van der Waals surface area contributed by atoms with Gasteiger partial charge in [-0.15, -0.1) is 0 Å². The Kier molecular flexibility index (Phi) is 9.82. The van der Waals surface area contributed by atoms with Crippen molar-refractivity contribution in [2.24, 2.45) is 0 Å². The summed E-state index contributed by atoms with van der Waals surface area (Å²) in [5, 5.41) is 2.43. The Morgan fingerprint density at radius 3 is 1.67 bits per heavy atom. The molecule has 0 amide bonds. The van der Waals surface area contributed by atoms with Crippen molar-refractivity contribution in [1.29, 1.82) is 0 Å². The van der Waals surface area contributed by atoms with E-state index in [9.17, 15) is 0 Å². The normalized spacial score (nSPS) is 11.9. The van der Waals surface area contributed by atoms with Crippen LogP contribution in [0.15, 0.2) is 60.7 Å². The Bertz CT molecular complexity index is 569. The summed E-state index contributed by atoms with van der Waals surface area (Å²) in [5.74, 6) is 0. The van der Waals surface area contributed by atoms with Crippen LogP contribution in [0.25, 0.3) is 0 Å². The van der Waals surface area contributed by atoms with E-state index in [2.05, 4.69) is 81.4 Å². The zero-order chi connectivity index (χ0) is 19.4. The molecule has 0 saturated carbocycles. The Morgan fingerprint density at radius 1 is 0.704 bits per heavy atom. The lowest BCUT2D eigenvalue weighted by molar-refractivity contribution is 0.115. The van der Waals surface area contributed by atoms with E-state index in [-0.39, 0.29) is 6.10 Å². The van der Waals surface area contributed by atoms with Crippen molar-refractivity contribution in [3.8, 4) is 0 Å². The quantitative estimate of drug-likeness (QED) is 0.338. The fraction of sp³-hybridized carbons (Fsp3) is 0.500. The predicted molar refractivity (Wildman–Crippen MR) is 118 cm³/mol. The van der Waals surface area contributed by atoms with E-state index in [0.29, 0.717) is 0 Å². The maximum atomic E-state index is 6.99. The van der Waals surface area contributed by atoms with E-state index < -0.39 is 8.56 Å². The maximum Gasteiger partial charge on any atom is 0.407 e. The third-order valence-electron chi connectivity index (χ3n) is 4.91. The predicted octanol–water partition coefficient (Wildman–Crippen LogP) is 5.44.